The standard InChI is InChI=1S/C14H26N2O2/c1-10-6-5-7-11(15-10)14(18)16(2)12-8-3-4-9-13(12)17/h10-13,15,17H,3-9H2,1-2H3. The molecular weight excluding hydrogens is 228 g/mol. The first-order valence-electron chi connectivity index (χ1n) is 7.30. The summed E-state index contributed by atoms with van der Waals surface area (Å²) in [7, 11) is 1.85. The largest absolute Gasteiger partial charge is 0.391 e. The van der Waals surface area contributed by atoms with Crippen molar-refractivity contribution in [1.29, 1.82) is 0 Å². The zero-order valence-corrected chi connectivity index (χ0v) is 11.6. The summed E-state index contributed by atoms with van der Waals surface area (Å²) in [6.45, 7) is 2.13. The van der Waals surface area contributed by atoms with Gasteiger partial charge in [0.1, 0.15) is 0 Å². The fourth-order valence-electron chi connectivity index (χ4n) is 3.29. The topological polar surface area (TPSA) is 52.6 Å². The third-order valence-electron chi connectivity index (χ3n) is 4.45. The Kier molecular flexibility index (Phi) is 4.62. The normalized spacial score (nSPS) is 37.3. The average molecular weight is 254 g/mol. The maximum absolute atomic E-state index is 12.4. The van der Waals surface area contributed by atoms with Crippen LogP contribution in [0, 0.1) is 0 Å². The minimum atomic E-state index is -0.339. The Morgan fingerprint density at radius 2 is 1.89 bits per heavy atom. The molecule has 0 aromatic rings. The van der Waals surface area contributed by atoms with Gasteiger partial charge in [-0.15, -0.1) is 0 Å². The molecule has 0 bridgehead atoms. The van der Waals surface area contributed by atoms with E-state index in [0.29, 0.717) is 6.04 Å². The number of aliphatic hydroxyl groups is 1. The SMILES string of the molecule is CC1CCCC(C(=O)N(C)C2CCCCC2O)N1. The van der Waals surface area contributed by atoms with E-state index in [4.69, 9.17) is 0 Å². The van der Waals surface area contributed by atoms with Gasteiger partial charge in [-0.3, -0.25) is 4.79 Å². The van der Waals surface area contributed by atoms with Crippen LogP contribution in [0.4, 0.5) is 0 Å². The van der Waals surface area contributed by atoms with Gasteiger partial charge in [-0.05, 0) is 39.0 Å². The third kappa shape index (κ3) is 3.04. The molecule has 1 aliphatic heterocycles. The van der Waals surface area contributed by atoms with Gasteiger partial charge in [0.15, 0.2) is 0 Å². The second-order valence-electron chi connectivity index (χ2n) is 5.92. The summed E-state index contributed by atoms with van der Waals surface area (Å²) in [6.07, 6.45) is 6.82. The Labute approximate surface area is 110 Å². The van der Waals surface area contributed by atoms with E-state index in [1.54, 1.807) is 4.90 Å². The molecule has 4 atom stereocenters. The number of nitrogens with one attached hydrogen (secondary N) is 1. The van der Waals surface area contributed by atoms with Gasteiger partial charge >= 0.3 is 0 Å². The molecule has 2 rings (SSSR count). The van der Waals surface area contributed by atoms with Crippen LogP contribution in [0.3, 0.4) is 0 Å². The summed E-state index contributed by atoms with van der Waals surface area (Å²) in [5, 5.41) is 13.4. The summed E-state index contributed by atoms with van der Waals surface area (Å²) in [4.78, 5) is 14.2. The van der Waals surface area contributed by atoms with E-state index in [0.717, 1.165) is 44.9 Å². The highest BCUT2D eigenvalue weighted by atomic mass is 16.3. The van der Waals surface area contributed by atoms with Gasteiger partial charge in [0.05, 0.1) is 18.2 Å². The van der Waals surface area contributed by atoms with Gasteiger partial charge in [0.25, 0.3) is 0 Å². The van der Waals surface area contributed by atoms with Crippen molar-refractivity contribution < 1.29 is 9.90 Å². The first-order chi connectivity index (χ1) is 8.59. The van der Waals surface area contributed by atoms with Gasteiger partial charge in [-0.2, -0.15) is 0 Å². The average Bonchev–Trinajstić information content (AvgIpc) is 2.37. The van der Waals surface area contributed by atoms with Gasteiger partial charge < -0.3 is 15.3 Å². The number of aliphatic hydroxyl groups excluding tert-OH is 1. The van der Waals surface area contributed by atoms with Crippen LogP contribution in [-0.2, 0) is 4.79 Å². The molecule has 104 valence electrons. The smallest absolute Gasteiger partial charge is 0.239 e. The Balaban J connectivity index is 1.94. The molecule has 1 heterocycles. The molecule has 0 aromatic heterocycles. The fraction of sp³-hybridized carbons (Fsp3) is 0.929. The summed E-state index contributed by atoms with van der Waals surface area (Å²) in [6, 6.07) is 0.399. The Morgan fingerprint density at radius 3 is 2.56 bits per heavy atom. The molecule has 0 radical (unpaired) electrons. The lowest BCUT2D eigenvalue weighted by Gasteiger charge is -2.38. The van der Waals surface area contributed by atoms with Gasteiger partial charge in [0, 0.05) is 13.1 Å². The van der Waals surface area contributed by atoms with Crippen LogP contribution in [0.5, 0.6) is 0 Å². The van der Waals surface area contributed by atoms with E-state index in [2.05, 4.69) is 12.2 Å². The number of piperidine rings is 1. The van der Waals surface area contributed by atoms with Gasteiger partial charge in [-0.25, -0.2) is 0 Å². The Hall–Kier alpha value is -0.610. The lowest BCUT2D eigenvalue weighted by atomic mass is 9.90. The zero-order chi connectivity index (χ0) is 13.1. The Morgan fingerprint density at radius 1 is 1.17 bits per heavy atom. The predicted molar refractivity (Wildman–Crippen MR) is 71.3 cm³/mol. The highest BCUT2D eigenvalue weighted by molar-refractivity contribution is 5.82. The second kappa shape index (κ2) is 6.02. The molecule has 2 aliphatic rings. The lowest BCUT2D eigenvalue weighted by molar-refractivity contribution is -0.138. The predicted octanol–water partition coefficient (Wildman–Crippen LogP) is 1.28. The quantitative estimate of drug-likeness (QED) is 0.780. The molecule has 0 spiro atoms. The van der Waals surface area contributed by atoms with Gasteiger partial charge in [-0.1, -0.05) is 12.8 Å². The Bertz CT molecular complexity index is 296. The van der Waals surface area contributed by atoms with Crippen molar-refractivity contribution in [3.05, 3.63) is 0 Å². The van der Waals surface area contributed by atoms with E-state index >= 15 is 0 Å². The molecular formula is C14H26N2O2. The number of amides is 1. The summed E-state index contributed by atoms with van der Waals surface area (Å²) in [5.74, 6) is 0.160. The van der Waals surface area contributed by atoms with E-state index in [1.807, 2.05) is 7.05 Å². The van der Waals surface area contributed by atoms with Crippen molar-refractivity contribution in [1.82, 2.24) is 10.2 Å². The fourth-order valence-corrected chi connectivity index (χ4v) is 3.29. The number of rotatable bonds is 2. The minimum Gasteiger partial charge on any atom is -0.391 e. The molecule has 4 nitrogen and oxygen atoms in total. The molecule has 0 aromatic carbocycles. The van der Waals surface area contributed by atoms with Crippen molar-refractivity contribution >= 4 is 5.91 Å². The number of carbonyl (C=O) groups is 1. The van der Waals surface area contributed by atoms with Crippen LogP contribution in [0.2, 0.25) is 0 Å². The van der Waals surface area contributed by atoms with E-state index in [1.165, 1.54) is 0 Å². The second-order valence-corrected chi connectivity index (χ2v) is 5.92. The van der Waals surface area contributed by atoms with Crippen molar-refractivity contribution in [2.75, 3.05) is 7.05 Å². The van der Waals surface area contributed by atoms with Crippen LogP contribution >= 0.6 is 0 Å². The number of hydrogen-bond acceptors (Lipinski definition) is 3. The van der Waals surface area contributed by atoms with Crippen LogP contribution in [0.25, 0.3) is 0 Å². The molecule has 1 saturated heterocycles. The van der Waals surface area contributed by atoms with E-state index in [9.17, 15) is 9.90 Å². The van der Waals surface area contributed by atoms with Crippen molar-refractivity contribution in [2.45, 2.75) is 76.1 Å². The molecule has 18 heavy (non-hydrogen) atoms. The number of nitrogens with zero attached hydrogens (tertiary/aromatic N) is 1. The van der Waals surface area contributed by atoms with Crippen molar-refractivity contribution in [3.8, 4) is 0 Å². The molecule has 4 unspecified atom stereocenters. The number of likely N-dealkylation sites (N-methyl/N-ethyl adjacent to an activating group) is 1. The summed E-state index contributed by atoms with van der Waals surface area (Å²) < 4.78 is 0. The number of hydrogen-bond donors (Lipinski definition) is 2. The maximum atomic E-state index is 12.4. The lowest BCUT2D eigenvalue weighted by Crippen LogP contribution is -2.55. The van der Waals surface area contributed by atoms with Crippen LogP contribution in [-0.4, -0.2) is 47.2 Å². The van der Waals surface area contributed by atoms with Gasteiger partial charge in [0.2, 0.25) is 5.91 Å². The maximum Gasteiger partial charge on any atom is 0.239 e. The summed E-state index contributed by atoms with van der Waals surface area (Å²) >= 11 is 0. The molecule has 1 amide bonds. The van der Waals surface area contributed by atoms with Crippen molar-refractivity contribution in [3.63, 3.8) is 0 Å². The van der Waals surface area contributed by atoms with Crippen LogP contribution < -0.4 is 5.32 Å². The molecule has 4 heteroatoms. The highest BCUT2D eigenvalue weighted by Gasteiger charge is 2.33. The minimum absolute atomic E-state index is 0.0188. The van der Waals surface area contributed by atoms with Crippen LogP contribution in [0.15, 0.2) is 0 Å². The molecule has 1 saturated carbocycles. The first-order valence-corrected chi connectivity index (χ1v) is 7.30. The molecule has 1 aliphatic carbocycles. The highest BCUT2D eigenvalue weighted by Crippen LogP contribution is 2.24. The van der Waals surface area contributed by atoms with E-state index < -0.39 is 0 Å². The van der Waals surface area contributed by atoms with Crippen molar-refractivity contribution in [2.24, 2.45) is 0 Å². The first kappa shape index (κ1) is 13.8. The zero-order valence-electron chi connectivity index (χ0n) is 11.6. The molecule has 2 N–H and O–H groups in total. The van der Waals surface area contributed by atoms with Crippen LogP contribution in [0.1, 0.15) is 51.9 Å². The third-order valence-corrected chi connectivity index (χ3v) is 4.45. The summed E-state index contributed by atoms with van der Waals surface area (Å²) in [5.41, 5.74) is 0. The monoisotopic (exact) mass is 254 g/mol. The molecule has 2 fully saturated rings. The van der Waals surface area contributed by atoms with E-state index in [-0.39, 0.29) is 24.1 Å². The number of carbonyl (C=O) groups excluding carboxylic acids is 1.